The zero-order valence-electron chi connectivity index (χ0n) is 11.3. The van der Waals surface area contributed by atoms with Gasteiger partial charge in [0.25, 0.3) is 0 Å². The molecule has 1 aromatic carbocycles. The molecule has 0 aliphatic heterocycles. The largest absolute Gasteiger partial charge is 0.481 e. The molecule has 0 aliphatic rings. The summed E-state index contributed by atoms with van der Waals surface area (Å²) >= 11 is 4.51. The average molecular weight is 372 g/mol. The highest BCUT2D eigenvalue weighted by molar-refractivity contribution is 9.10. The van der Waals surface area contributed by atoms with Crippen LogP contribution in [-0.2, 0) is 17.8 Å². The molecule has 6 nitrogen and oxygen atoms in total. The van der Waals surface area contributed by atoms with E-state index in [1.807, 2.05) is 25.1 Å². The van der Waals surface area contributed by atoms with E-state index < -0.39 is 5.97 Å². The lowest BCUT2D eigenvalue weighted by molar-refractivity contribution is -0.133. The maximum absolute atomic E-state index is 10.7. The van der Waals surface area contributed by atoms with Crippen LogP contribution < -0.4 is 0 Å². The Morgan fingerprint density at radius 3 is 2.81 bits per heavy atom. The van der Waals surface area contributed by atoms with Crippen molar-refractivity contribution in [3.63, 3.8) is 0 Å². The molecule has 1 heterocycles. The molecule has 2 N–H and O–H groups in total. The smallest absolute Gasteiger partial charge is 0.313 e. The lowest BCUT2D eigenvalue weighted by atomic mass is 10.1. The maximum Gasteiger partial charge on any atom is 0.313 e. The molecule has 2 aromatic rings. The fourth-order valence-electron chi connectivity index (χ4n) is 1.92. The van der Waals surface area contributed by atoms with Gasteiger partial charge in [-0.25, -0.2) is 0 Å². The number of halogens is 1. The summed E-state index contributed by atoms with van der Waals surface area (Å²) in [5.74, 6) is -0.645. The highest BCUT2D eigenvalue weighted by Crippen LogP contribution is 2.27. The first kappa shape index (κ1) is 16.0. The van der Waals surface area contributed by atoms with E-state index in [0.29, 0.717) is 11.0 Å². The summed E-state index contributed by atoms with van der Waals surface area (Å²) in [7, 11) is 0. The zero-order chi connectivity index (χ0) is 15.4. The van der Waals surface area contributed by atoms with Gasteiger partial charge in [-0.05, 0) is 30.2 Å². The fourth-order valence-corrected chi connectivity index (χ4v) is 3.01. The number of carbonyl (C=O) groups is 1. The number of aliphatic hydroxyl groups excluding tert-OH is 1. The van der Waals surface area contributed by atoms with Crippen molar-refractivity contribution in [1.29, 1.82) is 0 Å². The van der Waals surface area contributed by atoms with E-state index in [0.717, 1.165) is 33.9 Å². The second kappa shape index (κ2) is 7.06. The molecule has 0 fully saturated rings. The summed E-state index contributed by atoms with van der Waals surface area (Å²) in [4.78, 5) is 10.7. The van der Waals surface area contributed by atoms with Crippen LogP contribution >= 0.6 is 27.7 Å². The minimum Gasteiger partial charge on any atom is -0.481 e. The van der Waals surface area contributed by atoms with Crippen LogP contribution in [0.25, 0.3) is 5.69 Å². The van der Waals surface area contributed by atoms with Gasteiger partial charge in [-0.1, -0.05) is 34.6 Å². The summed E-state index contributed by atoms with van der Waals surface area (Å²) in [6, 6.07) is 5.78. The number of aromatic nitrogens is 3. The molecule has 112 valence electrons. The SMILES string of the molecule is CCc1cc(Br)ccc1-n1c(CO)nnc1SCC(=O)O. The number of aryl methyl sites for hydroxylation is 1. The Morgan fingerprint density at radius 1 is 1.43 bits per heavy atom. The molecule has 2 rings (SSSR count). The number of hydrogen-bond donors (Lipinski definition) is 2. The quantitative estimate of drug-likeness (QED) is 0.757. The average Bonchev–Trinajstić information content (AvgIpc) is 2.87. The van der Waals surface area contributed by atoms with E-state index in [-0.39, 0.29) is 12.4 Å². The second-order valence-electron chi connectivity index (χ2n) is 4.20. The van der Waals surface area contributed by atoms with Crippen molar-refractivity contribution < 1.29 is 15.0 Å². The van der Waals surface area contributed by atoms with Crippen LogP contribution in [-0.4, -0.2) is 36.7 Å². The lowest BCUT2D eigenvalue weighted by Gasteiger charge is -2.13. The van der Waals surface area contributed by atoms with Crippen LogP contribution in [0.15, 0.2) is 27.8 Å². The van der Waals surface area contributed by atoms with Gasteiger partial charge in [0.1, 0.15) is 6.61 Å². The molecule has 0 saturated carbocycles. The van der Waals surface area contributed by atoms with Crippen molar-refractivity contribution in [2.24, 2.45) is 0 Å². The standard InChI is InChI=1S/C13H14BrN3O3S/c1-2-8-5-9(14)3-4-10(8)17-11(6-18)15-16-13(17)21-7-12(19)20/h3-5,18H,2,6-7H2,1H3,(H,19,20). The molecule has 0 spiro atoms. The summed E-state index contributed by atoms with van der Waals surface area (Å²) in [6.45, 7) is 1.76. The fraction of sp³-hybridized carbons (Fsp3) is 0.308. The number of nitrogens with zero attached hydrogens (tertiary/aromatic N) is 3. The first-order valence-corrected chi connectivity index (χ1v) is 8.03. The normalized spacial score (nSPS) is 10.8. The number of hydrogen-bond acceptors (Lipinski definition) is 5. The maximum atomic E-state index is 10.7. The monoisotopic (exact) mass is 371 g/mol. The number of benzene rings is 1. The number of rotatable bonds is 6. The van der Waals surface area contributed by atoms with Crippen molar-refractivity contribution in [1.82, 2.24) is 14.8 Å². The molecule has 0 bridgehead atoms. The predicted octanol–water partition coefficient (Wildman–Crippen LogP) is 2.26. The van der Waals surface area contributed by atoms with Crippen molar-refractivity contribution in [3.05, 3.63) is 34.1 Å². The number of carboxylic acid groups (broad SMARTS) is 1. The minimum absolute atomic E-state index is 0.110. The zero-order valence-corrected chi connectivity index (χ0v) is 13.7. The molecule has 0 radical (unpaired) electrons. The summed E-state index contributed by atoms with van der Waals surface area (Å²) < 4.78 is 2.67. The number of aliphatic carboxylic acids is 1. The molecule has 1 aromatic heterocycles. The number of aliphatic hydroxyl groups is 1. The first-order chi connectivity index (χ1) is 10.1. The van der Waals surface area contributed by atoms with Gasteiger partial charge in [-0.15, -0.1) is 10.2 Å². The van der Waals surface area contributed by atoms with Crippen LogP contribution in [0.2, 0.25) is 0 Å². The Kier molecular flexibility index (Phi) is 5.38. The van der Waals surface area contributed by atoms with E-state index in [2.05, 4.69) is 26.1 Å². The molecule has 8 heteroatoms. The molecule has 0 atom stereocenters. The Morgan fingerprint density at radius 2 is 2.19 bits per heavy atom. The van der Waals surface area contributed by atoms with E-state index in [1.54, 1.807) is 4.57 Å². The van der Waals surface area contributed by atoms with E-state index in [1.165, 1.54) is 0 Å². The van der Waals surface area contributed by atoms with Gasteiger partial charge < -0.3 is 10.2 Å². The van der Waals surface area contributed by atoms with Crippen molar-refractivity contribution in [2.75, 3.05) is 5.75 Å². The van der Waals surface area contributed by atoms with Gasteiger partial charge in [0, 0.05) is 4.47 Å². The molecular formula is C13H14BrN3O3S. The predicted molar refractivity (Wildman–Crippen MR) is 82.7 cm³/mol. The lowest BCUT2D eigenvalue weighted by Crippen LogP contribution is -2.07. The molecular weight excluding hydrogens is 358 g/mol. The van der Waals surface area contributed by atoms with Crippen molar-refractivity contribution in [2.45, 2.75) is 25.1 Å². The minimum atomic E-state index is -0.924. The van der Waals surface area contributed by atoms with E-state index >= 15 is 0 Å². The van der Waals surface area contributed by atoms with Gasteiger partial charge >= 0.3 is 5.97 Å². The van der Waals surface area contributed by atoms with Gasteiger partial charge in [-0.2, -0.15) is 0 Å². The van der Waals surface area contributed by atoms with Gasteiger partial charge in [0.2, 0.25) is 0 Å². The van der Waals surface area contributed by atoms with Gasteiger partial charge in [0.15, 0.2) is 11.0 Å². The Hall–Kier alpha value is -1.38. The van der Waals surface area contributed by atoms with Crippen LogP contribution in [0.5, 0.6) is 0 Å². The van der Waals surface area contributed by atoms with E-state index in [4.69, 9.17) is 5.11 Å². The van der Waals surface area contributed by atoms with Gasteiger partial charge in [0.05, 0.1) is 11.4 Å². The topological polar surface area (TPSA) is 88.2 Å². The first-order valence-electron chi connectivity index (χ1n) is 6.25. The Balaban J connectivity index is 2.50. The highest BCUT2D eigenvalue weighted by atomic mass is 79.9. The molecule has 0 aliphatic carbocycles. The third kappa shape index (κ3) is 3.63. The molecule has 0 amide bonds. The summed E-state index contributed by atoms with van der Waals surface area (Å²) in [5.41, 5.74) is 1.90. The van der Waals surface area contributed by atoms with Gasteiger partial charge in [-0.3, -0.25) is 9.36 Å². The Bertz CT molecular complexity index is 660. The highest BCUT2D eigenvalue weighted by Gasteiger charge is 2.17. The molecule has 0 unspecified atom stereocenters. The number of carboxylic acids is 1. The third-order valence-electron chi connectivity index (χ3n) is 2.83. The summed E-state index contributed by atoms with van der Waals surface area (Å²) in [6.07, 6.45) is 0.793. The van der Waals surface area contributed by atoms with Crippen molar-refractivity contribution >= 4 is 33.7 Å². The second-order valence-corrected chi connectivity index (χ2v) is 6.06. The van der Waals surface area contributed by atoms with Crippen LogP contribution in [0.1, 0.15) is 18.3 Å². The van der Waals surface area contributed by atoms with E-state index in [9.17, 15) is 9.90 Å². The van der Waals surface area contributed by atoms with Crippen LogP contribution in [0.4, 0.5) is 0 Å². The molecule has 0 saturated heterocycles. The Labute approximate surface area is 134 Å². The van der Waals surface area contributed by atoms with Crippen LogP contribution in [0, 0.1) is 0 Å². The third-order valence-corrected chi connectivity index (χ3v) is 4.24. The summed E-state index contributed by atoms with van der Waals surface area (Å²) in [5, 5.41) is 26.6. The number of thioether (sulfide) groups is 1. The van der Waals surface area contributed by atoms with Crippen molar-refractivity contribution in [3.8, 4) is 5.69 Å². The van der Waals surface area contributed by atoms with Crippen LogP contribution in [0.3, 0.4) is 0 Å². The molecule has 21 heavy (non-hydrogen) atoms.